The second kappa shape index (κ2) is 8.08. The van der Waals surface area contributed by atoms with Crippen LogP contribution in [-0.4, -0.2) is 29.0 Å². The van der Waals surface area contributed by atoms with Gasteiger partial charge in [-0.3, -0.25) is 9.48 Å². The molecule has 3 aromatic rings. The zero-order valence-corrected chi connectivity index (χ0v) is 15.7. The number of hydrazone groups is 1. The van der Waals surface area contributed by atoms with Crippen LogP contribution in [-0.2, 0) is 11.3 Å². The molecule has 1 N–H and O–H groups in total. The van der Waals surface area contributed by atoms with Gasteiger partial charge in [-0.05, 0) is 42.7 Å². The van der Waals surface area contributed by atoms with Crippen molar-refractivity contribution in [3.8, 4) is 17.0 Å². The van der Waals surface area contributed by atoms with Gasteiger partial charge < -0.3 is 4.74 Å². The fourth-order valence-corrected chi connectivity index (χ4v) is 2.96. The molecule has 0 unspecified atom stereocenters. The number of aromatic nitrogens is 2. The predicted octanol–water partition coefficient (Wildman–Crippen LogP) is 3.47. The Morgan fingerprint density at radius 3 is 2.64 bits per heavy atom. The Hall–Kier alpha value is -3.41. The van der Waals surface area contributed by atoms with Crippen LogP contribution in [0.1, 0.15) is 24.0 Å². The highest BCUT2D eigenvalue weighted by molar-refractivity contribution is 5.90. The summed E-state index contributed by atoms with van der Waals surface area (Å²) in [5.74, 6) is 0.900. The molecule has 1 heterocycles. The lowest BCUT2D eigenvalue weighted by atomic mass is 10.1. The van der Waals surface area contributed by atoms with Crippen LogP contribution in [0, 0.1) is 5.92 Å². The summed E-state index contributed by atoms with van der Waals surface area (Å²) in [6.07, 6.45) is 5.51. The number of nitrogens with one attached hydrogen (secondary N) is 1. The topological polar surface area (TPSA) is 68.5 Å². The van der Waals surface area contributed by atoms with E-state index >= 15 is 0 Å². The van der Waals surface area contributed by atoms with Crippen LogP contribution in [0.5, 0.6) is 5.75 Å². The molecule has 0 saturated heterocycles. The third-order valence-electron chi connectivity index (χ3n) is 4.67. The van der Waals surface area contributed by atoms with Crippen molar-refractivity contribution in [2.75, 3.05) is 7.11 Å². The van der Waals surface area contributed by atoms with Crippen LogP contribution in [0.2, 0.25) is 0 Å². The van der Waals surface area contributed by atoms with Gasteiger partial charge in [-0.1, -0.05) is 30.3 Å². The minimum Gasteiger partial charge on any atom is -0.497 e. The van der Waals surface area contributed by atoms with Crippen LogP contribution >= 0.6 is 0 Å². The van der Waals surface area contributed by atoms with Crippen molar-refractivity contribution < 1.29 is 9.53 Å². The largest absolute Gasteiger partial charge is 0.497 e. The molecule has 142 valence electrons. The maximum Gasteiger partial charge on any atom is 0.243 e. The zero-order chi connectivity index (χ0) is 19.3. The fourth-order valence-electron chi connectivity index (χ4n) is 2.96. The molecule has 28 heavy (non-hydrogen) atoms. The number of nitrogens with zero attached hydrogens (tertiary/aromatic N) is 3. The molecule has 0 atom stereocenters. The molecule has 2 aromatic carbocycles. The Balaban J connectivity index is 1.60. The van der Waals surface area contributed by atoms with Crippen LogP contribution in [0.4, 0.5) is 0 Å². The number of amides is 1. The van der Waals surface area contributed by atoms with Crippen molar-refractivity contribution in [1.29, 1.82) is 0 Å². The Labute approximate surface area is 163 Å². The van der Waals surface area contributed by atoms with Gasteiger partial charge in [0.2, 0.25) is 5.91 Å². The second-order valence-electron chi connectivity index (χ2n) is 6.85. The maximum absolute atomic E-state index is 11.8. The van der Waals surface area contributed by atoms with Crippen molar-refractivity contribution in [2.45, 2.75) is 19.4 Å². The number of rotatable bonds is 7. The Morgan fingerprint density at radius 2 is 1.96 bits per heavy atom. The molecular formula is C22H22N4O2. The Kier molecular flexibility index (Phi) is 5.19. The van der Waals surface area contributed by atoms with Gasteiger partial charge in [-0.15, -0.1) is 0 Å². The lowest BCUT2D eigenvalue weighted by Crippen LogP contribution is -2.18. The van der Waals surface area contributed by atoms with E-state index in [9.17, 15) is 4.79 Å². The minimum atomic E-state index is -0.0149. The number of hydrogen-bond acceptors (Lipinski definition) is 4. The van der Waals surface area contributed by atoms with Gasteiger partial charge in [0.25, 0.3) is 0 Å². The van der Waals surface area contributed by atoms with E-state index in [2.05, 4.69) is 22.7 Å². The van der Waals surface area contributed by atoms with E-state index in [-0.39, 0.29) is 11.8 Å². The molecule has 0 bridgehead atoms. The summed E-state index contributed by atoms with van der Waals surface area (Å²) in [7, 11) is 1.64. The quantitative estimate of drug-likeness (QED) is 0.509. The zero-order valence-electron chi connectivity index (χ0n) is 15.7. The Bertz CT molecular complexity index is 974. The molecule has 0 spiro atoms. The van der Waals surface area contributed by atoms with E-state index < -0.39 is 0 Å². The predicted molar refractivity (Wildman–Crippen MR) is 108 cm³/mol. The summed E-state index contributed by atoms with van der Waals surface area (Å²) < 4.78 is 7.13. The van der Waals surface area contributed by atoms with Crippen LogP contribution in [0.15, 0.2) is 65.9 Å². The van der Waals surface area contributed by atoms with Gasteiger partial charge in [0.1, 0.15) is 11.4 Å². The first-order chi connectivity index (χ1) is 13.7. The van der Waals surface area contributed by atoms with Crippen molar-refractivity contribution in [1.82, 2.24) is 15.2 Å². The summed E-state index contributed by atoms with van der Waals surface area (Å²) >= 11 is 0. The van der Waals surface area contributed by atoms with Crippen LogP contribution in [0.25, 0.3) is 11.3 Å². The molecule has 0 aliphatic heterocycles. The number of methoxy groups -OCH3 is 1. The lowest BCUT2D eigenvalue weighted by Gasteiger charge is -2.03. The number of benzene rings is 2. The summed E-state index contributed by atoms with van der Waals surface area (Å²) in [5, 5.41) is 8.89. The highest BCUT2D eigenvalue weighted by Gasteiger charge is 2.29. The molecule has 1 saturated carbocycles. The summed E-state index contributed by atoms with van der Waals surface area (Å²) in [6, 6.07) is 17.9. The summed E-state index contributed by atoms with van der Waals surface area (Å²) in [5.41, 5.74) is 6.40. The molecular weight excluding hydrogens is 352 g/mol. The third kappa shape index (κ3) is 4.28. The summed E-state index contributed by atoms with van der Waals surface area (Å²) in [4.78, 5) is 11.8. The molecule has 1 amide bonds. The highest BCUT2D eigenvalue weighted by atomic mass is 16.5. The van der Waals surface area contributed by atoms with Gasteiger partial charge in [-0.2, -0.15) is 10.2 Å². The van der Waals surface area contributed by atoms with E-state index in [1.165, 1.54) is 0 Å². The first-order valence-corrected chi connectivity index (χ1v) is 9.31. The average molecular weight is 374 g/mol. The third-order valence-corrected chi connectivity index (χ3v) is 4.67. The van der Waals surface area contributed by atoms with Gasteiger partial charge in [0, 0.05) is 23.2 Å². The standard InChI is InChI=1S/C22H22N4O2/c1-28-20-11-9-17(10-12-20)21-19(13-23-24-22(27)18-7-8-18)15-26(25-21)14-16-5-3-2-4-6-16/h2-6,9-13,15,18H,7-8,14H2,1H3,(H,24,27)/b23-13-. The monoisotopic (exact) mass is 374 g/mol. The van der Waals surface area contributed by atoms with Gasteiger partial charge >= 0.3 is 0 Å². The van der Waals surface area contributed by atoms with Crippen molar-refractivity contribution in [3.63, 3.8) is 0 Å². The van der Waals surface area contributed by atoms with E-state index in [0.29, 0.717) is 6.54 Å². The maximum atomic E-state index is 11.8. The normalized spacial score (nSPS) is 13.6. The Morgan fingerprint density at radius 1 is 1.21 bits per heavy atom. The molecule has 1 aliphatic rings. The van der Waals surface area contributed by atoms with Crippen LogP contribution < -0.4 is 10.2 Å². The fraction of sp³-hybridized carbons (Fsp3) is 0.227. The molecule has 1 aromatic heterocycles. The van der Waals surface area contributed by atoms with E-state index in [4.69, 9.17) is 9.84 Å². The van der Waals surface area contributed by atoms with Gasteiger partial charge in [0.05, 0.1) is 19.9 Å². The molecule has 6 nitrogen and oxygen atoms in total. The van der Waals surface area contributed by atoms with Gasteiger partial charge in [-0.25, -0.2) is 5.43 Å². The van der Waals surface area contributed by atoms with Crippen molar-refractivity contribution >= 4 is 12.1 Å². The van der Waals surface area contributed by atoms with E-state index in [0.717, 1.165) is 41.0 Å². The van der Waals surface area contributed by atoms with E-state index in [1.807, 2.05) is 53.3 Å². The molecule has 1 aliphatic carbocycles. The lowest BCUT2D eigenvalue weighted by molar-refractivity contribution is -0.122. The number of carbonyl (C=O) groups excluding carboxylic acids is 1. The van der Waals surface area contributed by atoms with Gasteiger partial charge in [0.15, 0.2) is 0 Å². The molecule has 6 heteroatoms. The molecule has 0 radical (unpaired) electrons. The summed E-state index contributed by atoms with van der Waals surface area (Å²) in [6.45, 7) is 0.659. The van der Waals surface area contributed by atoms with Crippen LogP contribution in [0.3, 0.4) is 0 Å². The second-order valence-corrected chi connectivity index (χ2v) is 6.85. The smallest absolute Gasteiger partial charge is 0.243 e. The number of hydrogen-bond donors (Lipinski definition) is 1. The number of carbonyl (C=O) groups is 1. The van der Waals surface area contributed by atoms with E-state index in [1.54, 1.807) is 13.3 Å². The van der Waals surface area contributed by atoms with Crippen molar-refractivity contribution in [2.24, 2.45) is 11.0 Å². The molecule has 4 rings (SSSR count). The number of ether oxygens (including phenoxy) is 1. The molecule has 1 fully saturated rings. The minimum absolute atomic E-state index is 0.0149. The average Bonchev–Trinajstić information content (AvgIpc) is 3.51. The first kappa shape index (κ1) is 18.0. The SMILES string of the molecule is COc1ccc(-c2nn(Cc3ccccc3)cc2/C=N\NC(=O)C2CC2)cc1. The highest BCUT2D eigenvalue weighted by Crippen LogP contribution is 2.28. The first-order valence-electron chi connectivity index (χ1n) is 9.31. The van der Waals surface area contributed by atoms with Crippen molar-refractivity contribution in [3.05, 3.63) is 71.9 Å².